The number of carbonyl (C=O) groups excluding carboxylic acids is 1. The Kier molecular flexibility index (Phi) is 5.58. The molecule has 1 aliphatic carbocycles. The summed E-state index contributed by atoms with van der Waals surface area (Å²) in [7, 11) is 0. The molecular formula is C15H23N3O2S. The van der Waals surface area contributed by atoms with Crippen molar-refractivity contribution >= 4 is 17.7 Å². The van der Waals surface area contributed by atoms with Gasteiger partial charge in [0.05, 0.1) is 6.61 Å². The summed E-state index contributed by atoms with van der Waals surface area (Å²) in [5.74, 6) is 0.816. The molecule has 1 atom stereocenters. The summed E-state index contributed by atoms with van der Waals surface area (Å²) < 4.78 is 5.32. The Morgan fingerprint density at radius 1 is 1.52 bits per heavy atom. The number of thioether (sulfide) groups is 1. The van der Waals surface area contributed by atoms with Gasteiger partial charge < -0.3 is 10.1 Å². The van der Waals surface area contributed by atoms with Crippen LogP contribution in [0, 0.1) is 12.8 Å². The largest absolute Gasteiger partial charge is 0.465 e. The summed E-state index contributed by atoms with van der Waals surface area (Å²) in [4.78, 5) is 21.1. The molecule has 0 bridgehead atoms. The second-order valence-corrected chi connectivity index (χ2v) is 6.21. The first-order chi connectivity index (χ1) is 10.1. The smallest absolute Gasteiger partial charge is 0.327 e. The summed E-state index contributed by atoms with van der Waals surface area (Å²) in [6, 6.07) is 1.87. The number of aryl methyl sites for hydroxylation is 1. The molecule has 1 N–H and O–H groups in total. The van der Waals surface area contributed by atoms with E-state index in [4.69, 9.17) is 4.74 Å². The molecule has 0 amide bonds. The Morgan fingerprint density at radius 3 is 2.86 bits per heavy atom. The number of nitrogens with zero attached hydrogens (tertiary/aromatic N) is 2. The minimum absolute atomic E-state index is 0.144. The van der Waals surface area contributed by atoms with Gasteiger partial charge in [-0.3, -0.25) is 4.79 Å². The van der Waals surface area contributed by atoms with Gasteiger partial charge in [0, 0.05) is 17.6 Å². The summed E-state index contributed by atoms with van der Waals surface area (Å²) in [6.45, 7) is 6.95. The maximum atomic E-state index is 12.5. The zero-order valence-corrected chi connectivity index (χ0v) is 13.7. The first-order valence-corrected chi connectivity index (χ1v) is 8.45. The number of aromatic nitrogens is 2. The van der Waals surface area contributed by atoms with Crippen molar-refractivity contribution in [3.05, 3.63) is 18.0 Å². The van der Waals surface area contributed by atoms with Crippen molar-refractivity contribution in [2.24, 2.45) is 5.92 Å². The quantitative estimate of drug-likeness (QED) is 0.451. The second-order valence-electron chi connectivity index (χ2n) is 5.27. The Balaban J connectivity index is 2.13. The van der Waals surface area contributed by atoms with Crippen LogP contribution in [0.5, 0.6) is 0 Å². The summed E-state index contributed by atoms with van der Waals surface area (Å²) in [5.41, 5.74) is 0.326. The number of ether oxygens (including phenoxy) is 1. The van der Waals surface area contributed by atoms with Crippen LogP contribution in [-0.2, 0) is 9.53 Å². The lowest BCUT2D eigenvalue weighted by Gasteiger charge is -2.31. The summed E-state index contributed by atoms with van der Waals surface area (Å²) in [5, 5.41) is 4.09. The molecule has 1 aromatic heterocycles. The SMILES string of the molecule is CCNC(CSc1nccc(C)n1)(C(=O)OCC)C1CC1. The first-order valence-electron chi connectivity index (χ1n) is 7.47. The number of hydrogen-bond donors (Lipinski definition) is 1. The lowest BCUT2D eigenvalue weighted by molar-refractivity contribution is -0.151. The van der Waals surface area contributed by atoms with Crippen LogP contribution in [0.2, 0.25) is 0 Å². The standard InChI is InChI=1S/C15H23N3O2S/c1-4-17-15(12-6-7-12,13(19)20-5-2)10-21-14-16-9-8-11(3)18-14/h8-9,12,17H,4-7,10H2,1-3H3. The molecule has 5 nitrogen and oxygen atoms in total. The fourth-order valence-electron chi connectivity index (χ4n) is 2.44. The minimum atomic E-state index is -0.609. The molecule has 6 heteroatoms. The number of likely N-dealkylation sites (N-methyl/N-ethyl adjacent to an activating group) is 1. The Hall–Kier alpha value is -1.14. The molecule has 0 spiro atoms. The van der Waals surface area contributed by atoms with Crippen molar-refractivity contribution in [2.45, 2.75) is 44.3 Å². The third-order valence-corrected chi connectivity index (χ3v) is 4.66. The first kappa shape index (κ1) is 16.2. The van der Waals surface area contributed by atoms with Crippen LogP contribution in [-0.4, -0.2) is 40.4 Å². The second kappa shape index (κ2) is 7.22. The maximum Gasteiger partial charge on any atom is 0.327 e. The van der Waals surface area contributed by atoms with E-state index in [0.29, 0.717) is 23.4 Å². The summed E-state index contributed by atoms with van der Waals surface area (Å²) >= 11 is 1.52. The molecule has 0 saturated heterocycles. The number of nitrogens with one attached hydrogen (secondary N) is 1. The van der Waals surface area contributed by atoms with E-state index in [9.17, 15) is 4.79 Å². The molecule has 0 aliphatic heterocycles. The Bertz CT molecular complexity index is 494. The van der Waals surface area contributed by atoms with Crippen molar-refractivity contribution in [3.63, 3.8) is 0 Å². The molecule has 116 valence electrons. The number of rotatable bonds is 8. The number of carbonyl (C=O) groups is 1. The van der Waals surface area contributed by atoms with Crippen molar-refractivity contribution < 1.29 is 9.53 Å². The lowest BCUT2D eigenvalue weighted by Crippen LogP contribution is -2.57. The van der Waals surface area contributed by atoms with E-state index in [0.717, 1.165) is 25.1 Å². The Morgan fingerprint density at radius 2 is 2.29 bits per heavy atom. The maximum absolute atomic E-state index is 12.5. The van der Waals surface area contributed by atoms with Gasteiger partial charge in [0.1, 0.15) is 5.54 Å². The van der Waals surface area contributed by atoms with Crippen LogP contribution in [0.15, 0.2) is 17.4 Å². The van der Waals surface area contributed by atoms with E-state index in [1.165, 1.54) is 11.8 Å². The molecule has 1 fully saturated rings. The predicted octanol–water partition coefficient (Wildman–Crippen LogP) is 2.20. The minimum Gasteiger partial charge on any atom is -0.465 e. The molecular weight excluding hydrogens is 286 g/mol. The lowest BCUT2D eigenvalue weighted by atomic mass is 9.95. The zero-order valence-electron chi connectivity index (χ0n) is 12.9. The van der Waals surface area contributed by atoms with E-state index in [-0.39, 0.29) is 5.97 Å². The molecule has 1 aromatic rings. The fourth-order valence-corrected chi connectivity index (χ4v) is 3.59. The average molecular weight is 309 g/mol. The van der Waals surface area contributed by atoms with Gasteiger partial charge in [0.25, 0.3) is 0 Å². The molecule has 1 saturated carbocycles. The van der Waals surface area contributed by atoms with Gasteiger partial charge in [-0.2, -0.15) is 0 Å². The molecule has 1 unspecified atom stereocenters. The van der Waals surface area contributed by atoms with E-state index < -0.39 is 5.54 Å². The van der Waals surface area contributed by atoms with Crippen LogP contribution >= 0.6 is 11.8 Å². The molecule has 21 heavy (non-hydrogen) atoms. The Labute approximate surface area is 130 Å². The molecule has 2 rings (SSSR count). The highest BCUT2D eigenvalue weighted by Crippen LogP contribution is 2.42. The van der Waals surface area contributed by atoms with Gasteiger partial charge in [-0.15, -0.1) is 0 Å². The predicted molar refractivity (Wildman–Crippen MR) is 83.3 cm³/mol. The van der Waals surface area contributed by atoms with E-state index in [1.807, 2.05) is 26.8 Å². The van der Waals surface area contributed by atoms with Gasteiger partial charge in [0.2, 0.25) is 0 Å². The highest BCUT2D eigenvalue weighted by molar-refractivity contribution is 7.99. The van der Waals surface area contributed by atoms with Crippen LogP contribution < -0.4 is 5.32 Å². The van der Waals surface area contributed by atoms with Gasteiger partial charge in [0.15, 0.2) is 5.16 Å². The van der Waals surface area contributed by atoms with Crippen molar-refractivity contribution in [2.75, 3.05) is 18.9 Å². The highest BCUT2D eigenvalue weighted by Gasteiger charge is 2.51. The topological polar surface area (TPSA) is 64.1 Å². The van der Waals surface area contributed by atoms with E-state index in [1.54, 1.807) is 6.20 Å². The van der Waals surface area contributed by atoms with Crippen LogP contribution in [0.1, 0.15) is 32.4 Å². The van der Waals surface area contributed by atoms with Crippen LogP contribution in [0.25, 0.3) is 0 Å². The molecule has 1 aliphatic rings. The van der Waals surface area contributed by atoms with E-state index >= 15 is 0 Å². The normalized spacial score (nSPS) is 17.3. The van der Waals surface area contributed by atoms with Crippen molar-refractivity contribution in [3.8, 4) is 0 Å². The third-order valence-electron chi connectivity index (χ3n) is 3.61. The molecule has 0 aromatic carbocycles. The highest BCUT2D eigenvalue weighted by atomic mass is 32.2. The monoisotopic (exact) mass is 309 g/mol. The van der Waals surface area contributed by atoms with Crippen LogP contribution in [0.4, 0.5) is 0 Å². The molecule has 1 heterocycles. The average Bonchev–Trinajstić information content (AvgIpc) is 3.29. The third kappa shape index (κ3) is 3.95. The molecule has 0 radical (unpaired) electrons. The van der Waals surface area contributed by atoms with Gasteiger partial charge in [-0.1, -0.05) is 18.7 Å². The van der Waals surface area contributed by atoms with Crippen molar-refractivity contribution in [1.29, 1.82) is 0 Å². The summed E-state index contributed by atoms with van der Waals surface area (Å²) in [6.07, 6.45) is 3.89. The fraction of sp³-hybridized carbons (Fsp3) is 0.667. The van der Waals surface area contributed by atoms with Crippen LogP contribution in [0.3, 0.4) is 0 Å². The number of esters is 1. The van der Waals surface area contributed by atoms with Crippen molar-refractivity contribution in [1.82, 2.24) is 15.3 Å². The van der Waals surface area contributed by atoms with Gasteiger partial charge in [-0.25, -0.2) is 9.97 Å². The van der Waals surface area contributed by atoms with Gasteiger partial charge in [-0.05, 0) is 45.2 Å². The van der Waals surface area contributed by atoms with Gasteiger partial charge >= 0.3 is 5.97 Å². The number of hydrogen-bond acceptors (Lipinski definition) is 6. The zero-order chi connectivity index (χ0) is 15.3. The van der Waals surface area contributed by atoms with E-state index in [2.05, 4.69) is 15.3 Å².